The number of nitrogens with zero attached hydrogens (tertiary/aromatic N) is 3. The molecule has 0 radical (unpaired) electrons. The van der Waals surface area contributed by atoms with E-state index in [-0.39, 0.29) is 5.69 Å². The minimum atomic E-state index is -0.997. The first kappa shape index (κ1) is 11.5. The van der Waals surface area contributed by atoms with Crippen molar-refractivity contribution in [2.45, 2.75) is 31.6 Å². The van der Waals surface area contributed by atoms with Crippen molar-refractivity contribution in [2.75, 3.05) is 0 Å². The van der Waals surface area contributed by atoms with Gasteiger partial charge >= 0.3 is 5.97 Å². The van der Waals surface area contributed by atoms with Gasteiger partial charge in [-0.2, -0.15) is 0 Å². The summed E-state index contributed by atoms with van der Waals surface area (Å²) in [4.78, 5) is 23.1. The van der Waals surface area contributed by atoms with Gasteiger partial charge in [0.05, 0.1) is 17.2 Å². The van der Waals surface area contributed by atoms with Gasteiger partial charge in [0.15, 0.2) is 11.3 Å². The van der Waals surface area contributed by atoms with E-state index in [1.165, 1.54) is 12.8 Å². The van der Waals surface area contributed by atoms with Crippen LogP contribution in [0.15, 0.2) is 18.5 Å². The van der Waals surface area contributed by atoms with Crippen molar-refractivity contribution < 1.29 is 9.90 Å². The molecule has 0 spiro atoms. The SMILES string of the molecule is O=C(O)c1nc(C2CCCC2)n2c1cnc1[nH]ccc12. The Kier molecular flexibility index (Phi) is 2.33. The fourth-order valence-electron chi connectivity index (χ4n) is 3.20. The van der Waals surface area contributed by atoms with Crippen LogP contribution in [-0.4, -0.2) is 30.4 Å². The fourth-order valence-corrected chi connectivity index (χ4v) is 3.20. The highest BCUT2D eigenvalue weighted by Crippen LogP contribution is 2.35. The molecule has 0 unspecified atom stereocenters. The van der Waals surface area contributed by atoms with Crippen molar-refractivity contribution in [1.29, 1.82) is 0 Å². The molecule has 0 saturated heterocycles. The van der Waals surface area contributed by atoms with Gasteiger partial charge in [0.2, 0.25) is 0 Å². The van der Waals surface area contributed by atoms with Crippen LogP contribution in [0.5, 0.6) is 0 Å². The second-order valence-corrected chi connectivity index (χ2v) is 5.30. The molecule has 102 valence electrons. The third kappa shape index (κ3) is 1.47. The lowest BCUT2D eigenvalue weighted by molar-refractivity contribution is 0.0693. The Morgan fingerprint density at radius 2 is 2.15 bits per heavy atom. The minimum absolute atomic E-state index is 0.0995. The number of aromatic amines is 1. The van der Waals surface area contributed by atoms with E-state index in [1.807, 2.05) is 16.7 Å². The molecular formula is C14H14N4O2. The van der Waals surface area contributed by atoms with Crippen LogP contribution >= 0.6 is 0 Å². The van der Waals surface area contributed by atoms with Crippen LogP contribution in [-0.2, 0) is 0 Å². The zero-order valence-corrected chi connectivity index (χ0v) is 10.8. The van der Waals surface area contributed by atoms with Crippen molar-refractivity contribution in [2.24, 2.45) is 0 Å². The number of carboxylic acids is 1. The maximum absolute atomic E-state index is 11.4. The Bertz CT molecular complexity index is 811. The highest BCUT2D eigenvalue weighted by Gasteiger charge is 2.26. The van der Waals surface area contributed by atoms with Crippen LogP contribution in [0, 0.1) is 0 Å². The smallest absolute Gasteiger partial charge is 0.356 e. The summed E-state index contributed by atoms with van der Waals surface area (Å²) in [6, 6.07) is 1.92. The molecule has 4 rings (SSSR count). The molecule has 6 nitrogen and oxygen atoms in total. The van der Waals surface area contributed by atoms with Crippen LogP contribution < -0.4 is 0 Å². The second-order valence-electron chi connectivity index (χ2n) is 5.30. The van der Waals surface area contributed by atoms with E-state index >= 15 is 0 Å². The van der Waals surface area contributed by atoms with Crippen molar-refractivity contribution in [3.8, 4) is 0 Å². The number of carboxylic acid groups (broad SMARTS) is 1. The van der Waals surface area contributed by atoms with Crippen molar-refractivity contribution >= 4 is 22.6 Å². The zero-order chi connectivity index (χ0) is 13.7. The van der Waals surface area contributed by atoms with Gasteiger partial charge < -0.3 is 10.1 Å². The van der Waals surface area contributed by atoms with Crippen LogP contribution in [0.4, 0.5) is 0 Å². The average molecular weight is 270 g/mol. The molecule has 2 N–H and O–H groups in total. The van der Waals surface area contributed by atoms with Crippen molar-refractivity contribution in [1.82, 2.24) is 19.4 Å². The summed E-state index contributed by atoms with van der Waals surface area (Å²) in [6.07, 6.45) is 7.93. The molecule has 0 aliphatic heterocycles. The van der Waals surface area contributed by atoms with Gasteiger partial charge in [-0.25, -0.2) is 14.8 Å². The quantitative estimate of drug-likeness (QED) is 0.749. The lowest BCUT2D eigenvalue weighted by Gasteiger charge is -2.08. The van der Waals surface area contributed by atoms with Crippen molar-refractivity contribution in [3.63, 3.8) is 0 Å². The Hall–Kier alpha value is -2.37. The summed E-state index contributed by atoms with van der Waals surface area (Å²) in [5.41, 5.74) is 2.32. The number of rotatable bonds is 2. The Morgan fingerprint density at radius 3 is 2.90 bits per heavy atom. The van der Waals surface area contributed by atoms with E-state index in [1.54, 1.807) is 6.20 Å². The maximum atomic E-state index is 11.4. The van der Waals surface area contributed by atoms with E-state index in [9.17, 15) is 9.90 Å². The number of carbonyl (C=O) groups is 1. The fraction of sp³-hybridized carbons (Fsp3) is 0.357. The molecule has 0 amide bonds. The minimum Gasteiger partial charge on any atom is -0.476 e. The highest BCUT2D eigenvalue weighted by molar-refractivity contribution is 5.95. The predicted octanol–water partition coefficient (Wildman–Crippen LogP) is 2.57. The first-order valence-electron chi connectivity index (χ1n) is 6.83. The number of imidazole rings is 1. The molecule has 0 bridgehead atoms. The van der Waals surface area contributed by atoms with Crippen LogP contribution in [0.2, 0.25) is 0 Å². The normalized spacial score (nSPS) is 16.4. The summed E-state index contributed by atoms with van der Waals surface area (Å²) in [6.45, 7) is 0. The second kappa shape index (κ2) is 4.06. The van der Waals surface area contributed by atoms with Crippen LogP contribution in [0.1, 0.15) is 47.9 Å². The van der Waals surface area contributed by atoms with Gasteiger partial charge in [-0.3, -0.25) is 4.40 Å². The average Bonchev–Trinajstić information content (AvgIpc) is 3.16. The van der Waals surface area contributed by atoms with Crippen LogP contribution in [0.25, 0.3) is 16.7 Å². The Balaban J connectivity index is 2.09. The van der Waals surface area contributed by atoms with Gasteiger partial charge in [-0.15, -0.1) is 0 Å². The first-order valence-corrected chi connectivity index (χ1v) is 6.83. The number of hydrogen-bond acceptors (Lipinski definition) is 3. The molecule has 20 heavy (non-hydrogen) atoms. The van der Waals surface area contributed by atoms with Gasteiger partial charge in [0.1, 0.15) is 5.82 Å². The van der Waals surface area contributed by atoms with Gasteiger partial charge in [-0.05, 0) is 18.9 Å². The van der Waals surface area contributed by atoms with Gasteiger partial charge in [-0.1, -0.05) is 12.8 Å². The molecule has 3 aromatic heterocycles. The third-order valence-electron chi connectivity index (χ3n) is 4.12. The topological polar surface area (TPSA) is 83.3 Å². The molecule has 0 atom stereocenters. The van der Waals surface area contributed by atoms with E-state index in [0.29, 0.717) is 11.4 Å². The molecule has 0 aromatic carbocycles. The molecule has 6 heteroatoms. The summed E-state index contributed by atoms with van der Waals surface area (Å²) in [5, 5.41) is 9.35. The molecule has 1 saturated carbocycles. The first-order chi connectivity index (χ1) is 9.75. The Labute approximate surface area is 114 Å². The lowest BCUT2D eigenvalue weighted by Crippen LogP contribution is -2.01. The molecule has 1 aliphatic rings. The number of aromatic nitrogens is 4. The molecule has 3 aromatic rings. The van der Waals surface area contributed by atoms with E-state index in [2.05, 4.69) is 15.0 Å². The number of aromatic carboxylic acids is 1. The number of nitrogens with one attached hydrogen (secondary N) is 1. The molecule has 1 fully saturated rings. The zero-order valence-electron chi connectivity index (χ0n) is 10.8. The molecule has 3 heterocycles. The largest absolute Gasteiger partial charge is 0.476 e. The number of fused-ring (bicyclic) bond motifs is 3. The predicted molar refractivity (Wildman–Crippen MR) is 73.0 cm³/mol. The van der Waals surface area contributed by atoms with Gasteiger partial charge in [0.25, 0.3) is 0 Å². The number of hydrogen-bond donors (Lipinski definition) is 2. The highest BCUT2D eigenvalue weighted by atomic mass is 16.4. The Morgan fingerprint density at radius 1 is 1.35 bits per heavy atom. The van der Waals surface area contributed by atoms with E-state index < -0.39 is 5.97 Å². The number of H-pyrrole nitrogens is 1. The summed E-state index contributed by atoms with van der Waals surface area (Å²) >= 11 is 0. The third-order valence-corrected chi connectivity index (χ3v) is 4.12. The van der Waals surface area contributed by atoms with E-state index in [4.69, 9.17) is 0 Å². The maximum Gasteiger partial charge on any atom is 0.356 e. The molecular weight excluding hydrogens is 256 g/mol. The van der Waals surface area contributed by atoms with Crippen LogP contribution in [0.3, 0.4) is 0 Å². The standard InChI is InChI=1S/C14H14N4O2/c19-14(20)11-10-7-16-12-9(5-6-15-12)18(10)13(17-11)8-3-1-2-4-8/h5-8,15H,1-4H2,(H,19,20). The van der Waals surface area contributed by atoms with E-state index in [0.717, 1.165) is 29.8 Å². The summed E-state index contributed by atoms with van der Waals surface area (Å²) in [7, 11) is 0. The molecule has 1 aliphatic carbocycles. The van der Waals surface area contributed by atoms with Crippen molar-refractivity contribution in [3.05, 3.63) is 30.0 Å². The van der Waals surface area contributed by atoms with Gasteiger partial charge in [0, 0.05) is 12.1 Å². The summed E-state index contributed by atoms with van der Waals surface area (Å²) in [5.74, 6) is 0.210. The lowest BCUT2D eigenvalue weighted by atomic mass is 10.1. The monoisotopic (exact) mass is 270 g/mol. The summed E-state index contributed by atoms with van der Waals surface area (Å²) < 4.78 is 1.96.